The van der Waals surface area contributed by atoms with Crippen molar-refractivity contribution in [3.8, 4) is 0 Å². The fourth-order valence-electron chi connectivity index (χ4n) is 1.39. The minimum absolute atomic E-state index is 0.0594. The number of rotatable bonds is 2. The molecule has 1 aromatic rings. The molecule has 0 aliphatic carbocycles. The Morgan fingerprint density at radius 3 is 2.23 bits per heavy atom. The van der Waals surface area contributed by atoms with Crippen molar-refractivity contribution in [1.29, 1.82) is 0 Å². The van der Waals surface area contributed by atoms with Crippen LogP contribution in [-0.4, -0.2) is 20.3 Å². The summed E-state index contributed by atoms with van der Waals surface area (Å²) in [6, 6.07) is 0. The van der Waals surface area contributed by atoms with Gasteiger partial charge in [-0.05, 0) is 20.8 Å². The highest BCUT2D eigenvalue weighted by molar-refractivity contribution is 5.11. The summed E-state index contributed by atoms with van der Waals surface area (Å²) < 4.78 is 3.19. The summed E-state index contributed by atoms with van der Waals surface area (Å²) in [6.45, 7) is 5.83. The van der Waals surface area contributed by atoms with Crippen molar-refractivity contribution in [3.63, 3.8) is 0 Å². The van der Waals surface area contributed by atoms with Crippen LogP contribution in [0.5, 0.6) is 0 Å². The Balaban J connectivity index is 3.22. The third-order valence-electron chi connectivity index (χ3n) is 2.40. The minimum Gasteiger partial charge on any atom is -0.392 e. The maximum absolute atomic E-state index is 11.6. The van der Waals surface area contributed by atoms with Crippen LogP contribution < -0.4 is 5.69 Å². The second-order valence-corrected chi connectivity index (χ2v) is 3.47. The Morgan fingerprint density at radius 1 is 1.38 bits per heavy atom. The van der Waals surface area contributed by atoms with Gasteiger partial charge < -0.3 is 5.11 Å². The third-order valence-corrected chi connectivity index (χ3v) is 2.40. The first kappa shape index (κ1) is 10.1. The molecule has 4 nitrogen and oxygen atoms in total. The van der Waals surface area contributed by atoms with Crippen molar-refractivity contribution in [2.24, 2.45) is 7.05 Å². The molecule has 0 aliphatic rings. The normalized spacial score (nSPS) is 13.3. The Labute approximate surface area is 77.4 Å². The molecular weight excluding hydrogens is 168 g/mol. The van der Waals surface area contributed by atoms with Crippen LogP contribution in [0, 0.1) is 13.8 Å². The molecule has 0 radical (unpaired) electrons. The summed E-state index contributed by atoms with van der Waals surface area (Å²) in [5.74, 6) is 0. The lowest BCUT2D eigenvalue weighted by atomic mass is 10.3. The van der Waals surface area contributed by atoms with Gasteiger partial charge >= 0.3 is 5.69 Å². The van der Waals surface area contributed by atoms with Gasteiger partial charge in [-0.3, -0.25) is 9.13 Å². The van der Waals surface area contributed by atoms with E-state index in [1.165, 1.54) is 0 Å². The molecule has 74 valence electrons. The first-order chi connectivity index (χ1) is 5.95. The highest BCUT2D eigenvalue weighted by atomic mass is 16.3. The van der Waals surface area contributed by atoms with Crippen molar-refractivity contribution in [2.75, 3.05) is 0 Å². The van der Waals surface area contributed by atoms with Gasteiger partial charge in [-0.15, -0.1) is 0 Å². The van der Waals surface area contributed by atoms with Crippen molar-refractivity contribution >= 4 is 0 Å². The van der Waals surface area contributed by atoms with Gasteiger partial charge in [-0.25, -0.2) is 4.79 Å². The molecule has 1 atom stereocenters. The van der Waals surface area contributed by atoms with E-state index >= 15 is 0 Å². The molecule has 0 aliphatic heterocycles. The average molecular weight is 184 g/mol. The second kappa shape index (κ2) is 3.38. The average Bonchev–Trinajstić information content (AvgIpc) is 2.22. The number of hydrogen-bond donors (Lipinski definition) is 1. The number of imidazole rings is 1. The summed E-state index contributed by atoms with van der Waals surface area (Å²) in [5.41, 5.74) is 1.81. The van der Waals surface area contributed by atoms with Crippen LogP contribution in [0.3, 0.4) is 0 Å². The number of aliphatic hydroxyl groups excluding tert-OH is 1. The van der Waals surface area contributed by atoms with E-state index in [0.29, 0.717) is 6.54 Å². The zero-order valence-electron chi connectivity index (χ0n) is 8.53. The number of hydrogen-bond acceptors (Lipinski definition) is 2. The van der Waals surface area contributed by atoms with Crippen molar-refractivity contribution in [2.45, 2.75) is 33.4 Å². The Bertz CT molecular complexity index is 360. The lowest BCUT2D eigenvalue weighted by Crippen LogP contribution is -2.27. The SMILES string of the molecule is Cc1c(C)n(CC(C)O)c(=O)n1C. The molecule has 0 saturated carbocycles. The van der Waals surface area contributed by atoms with Crippen LogP contribution in [0.2, 0.25) is 0 Å². The summed E-state index contributed by atoms with van der Waals surface area (Å²) in [4.78, 5) is 11.6. The Morgan fingerprint density at radius 2 is 1.92 bits per heavy atom. The zero-order chi connectivity index (χ0) is 10.2. The van der Waals surface area contributed by atoms with Crippen LogP contribution in [0.25, 0.3) is 0 Å². The van der Waals surface area contributed by atoms with Crippen molar-refractivity contribution in [3.05, 3.63) is 21.9 Å². The second-order valence-electron chi connectivity index (χ2n) is 3.47. The topological polar surface area (TPSA) is 47.2 Å². The third kappa shape index (κ3) is 1.67. The van der Waals surface area contributed by atoms with Crippen LogP contribution in [0.1, 0.15) is 18.3 Å². The summed E-state index contributed by atoms with van der Waals surface area (Å²) in [7, 11) is 1.74. The molecule has 1 aromatic heterocycles. The van der Waals surface area contributed by atoms with Gasteiger partial charge in [0, 0.05) is 18.4 Å². The van der Waals surface area contributed by atoms with Gasteiger partial charge in [0.05, 0.1) is 12.6 Å². The lowest BCUT2D eigenvalue weighted by Gasteiger charge is -2.05. The summed E-state index contributed by atoms with van der Waals surface area (Å²) in [5, 5.41) is 9.19. The maximum Gasteiger partial charge on any atom is 0.328 e. The van der Waals surface area contributed by atoms with E-state index in [-0.39, 0.29) is 5.69 Å². The van der Waals surface area contributed by atoms with Crippen LogP contribution >= 0.6 is 0 Å². The molecule has 1 rings (SSSR count). The van der Waals surface area contributed by atoms with Crippen LogP contribution in [-0.2, 0) is 13.6 Å². The molecule has 1 heterocycles. The molecule has 4 heteroatoms. The first-order valence-corrected chi connectivity index (χ1v) is 4.36. The smallest absolute Gasteiger partial charge is 0.328 e. The highest BCUT2D eigenvalue weighted by Crippen LogP contribution is 2.03. The molecule has 0 fully saturated rings. The molecule has 1 N–H and O–H groups in total. The molecule has 1 unspecified atom stereocenters. The minimum atomic E-state index is -0.488. The monoisotopic (exact) mass is 184 g/mol. The van der Waals surface area contributed by atoms with Gasteiger partial charge in [-0.1, -0.05) is 0 Å². The van der Waals surface area contributed by atoms with Gasteiger partial charge in [-0.2, -0.15) is 0 Å². The largest absolute Gasteiger partial charge is 0.392 e. The molecular formula is C9H16N2O2. The van der Waals surface area contributed by atoms with Gasteiger partial charge in [0.25, 0.3) is 0 Å². The zero-order valence-corrected chi connectivity index (χ0v) is 8.53. The van der Waals surface area contributed by atoms with Crippen molar-refractivity contribution in [1.82, 2.24) is 9.13 Å². The fourth-order valence-corrected chi connectivity index (χ4v) is 1.39. The molecule has 0 spiro atoms. The van der Waals surface area contributed by atoms with E-state index < -0.39 is 6.10 Å². The molecule has 0 amide bonds. The van der Waals surface area contributed by atoms with Crippen LogP contribution in [0.4, 0.5) is 0 Å². The van der Waals surface area contributed by atoms with Crippen LogP contribution in [0.15, 0.2) is 4.79 Å². The molecule has 0 saturated heterocycles. The predicted molar refractivity (Wildman–Crippen MR) is 50.8 cm³/mol. The quantitative estimate of drug-likeness (QED) is 0.713. The Kier molecular flexibility index (Phi) is 2.61. The molecule has 0 bridgehead atoms. The van der Waals surface area contributed by atoms with E-state index in [9.17, 15) is 9.90 Å². The van der Waals surface area contributed by atoms with E-state index in [4.69, 9.17) is 0 Å². The Hall–Kier alpha value is -1.03. The number of aromatic nitrogens is 2. The highest BCUT2D eigenvalue weighted by Gasteiger charge is 2.11. The van der Waals surface area contributed by atoms with Gasteiger partial charge in [0.15, 0.2) is 0 Å². The number of aliphatic hydroxyl groups is 1. The van der Waals surface area contributed by atoms with E-state index in [0.717, 1.165) is 11.4 Å². The van der Waals surface area contributed by atoms with Crippen molar-refractivity contribution < 1.29 is 5.11 Å². The summed E-state index contributed by atoms with van der Waals surface area (Å²) >= 11 is 0. The molecule has 13 heavy (non-hydrogen) atoms. The predicted octanol–water partition coefficient (Wildman–Crippen LogP) is 0.184. The molecule has 0 aromatic carbocycles. The number of nitrogens with zero attached hydrogens (tertiary/aromatic N) is 2. The lowest BCUT2D eigenvalue weighted by molar-refractivity contribution is 0.171. The maximum atomic E-state index is 11.6. The van der Waals surface area contributed by atoms with Gasteiger partial charge in [0.1, 0.15) is 0 Å². The first-order valence-electron chi connectivity index (χ1n) is 4.36. The van der Waals surface area contributed by atoms with E-state index in [1.807, 2.05) is 13.8 Å². The summed E-state index contributed by atoms with van der Waals surface area (Å²) in [6.07, 6.45) is -0.488. The fraction of sp³-hybridized carbons (Fsp3) is 0.667. The van der Waals surface area contributed by atoms with E-state index in [2.05, 4.69) is 0 Å². The standard InChI is InChI=1S/C9H16N2O2/c1-6(12)5-11-8(3)7(2)10(4)9(11)13/h6,12H,5H2,1-4H3. The van der Waals surface area contributed by atoms with E-state index in [1.54, 1.807) is 23.1 Å². The van der Waals surface area contributed by atoms with Gasteiger partial charge in [0.2, 0.25) is 0 Å².